The van der Waals surface area contributed by atoms with Crippen LogP contribution < -0.4 is 20.3 Å². The number of carbonyl (C=O) groups is 2. The number of hydrogen-bond acceptors (Lipinski definition) is 6. The number of aromatic amines is 1. The normalized spacial score (nSPS) is 18.1. The molecule has 9 nitrogen and oxygen atoms in total. The van der Waals surface area contributed by atoms with Crippen molar-refractivity contribution >= 4 is 23.5 Å². The van der Waals surface area contributed by atoms with Crippen molar-refractivity contribution in [1.82, 2.24) is 15.5 Å². The minimum Gasteiger partial charge on any atom is -0.492 e. The lowest BCUT2D eigenvalue weighted by atomic mass is 10.0. The molecule has 1 aromatic carbocycles. The number of aromatic nitrogens is 2. The van der Waals surface area contributed by atoms with Crippen LogP contribution in [0.2, 0.25) is 0 Å². The average Bonchev–Trinajstić information content (AvgIpc) is 3.20. The summed E-state index contributed by atoms with van der Waals surface area (Å²) in [5.41, 5.74) is 3.49. The molecule has 2 aliphatic heterocycles. The van der Waals surface area contributed by atoms with E-state index in [9.17, 15) is 9.59 Å². The Morgan fingerprint density at radius 3 is 3.07 bits per heavy atom. The summed E-state index contributed by atoms with van der Waals surface area (Å²) < 4.78 is 11.1. The summed E-state index contributed by atoms with van der Waals surface area (Å²) in [6.07, 6.45) is -0.633. The van der Waals surface area contributed by atoms with Crippen LogP contribution in [-0.2, 0) is 16.0 Å². The van der Waals surface area contributed by atoms with Gasteiger partial charge in [-0.3, -0.25) is 14.8 Å². The summed E-state index contributed by atoms with van der Waals surface area (Å²) >= 11 is 0. The molecular formula is C18H21N5O4. The SMILES string of the molecule is CCNC(=O)[C@H]1CN(c2ccc3c(c2)OCCc2c(NC)n[nH]c2-3)C(=O)O1. The van der Waals surface area contributed by atoms with Crippen molar-refractivity contribution in [3.8, 4) is 17.0 Å². The van der Waals surface area contributed by atoms with Crippen molar-refractivity contribution in [3.05, 3.63) is 23.8 Å². The Labute approximate surface area is 156 Å². The Kier molecular flexibility index (Phi) is 4.35. The molecule has 2 amide bonds. The number of H-pyrrole nitrogens is 1. The van der Waals surface area contributed by atoms with Gasteiger partial charge in [-0.05, 0) is 19.1 Å². The Balaban J connectivity index is 1.63. The molecule has 1 fully saturated rings. The molecule has 0 radical (unpaired) electrons. The number of benzene rings is 1. The van der Waals surface area contributed by atoms with Gasteiger partial charge in [0.2, 0.25) is 0 Å². The minimum atomic E-state index is -0.811. The van der Waals surface area contributed by atoms with E-state index in [1.807, 2.05) is 26.1 Å². The molecular weight excluding hydrogens is 350 g/mol. The summed E-state index contributed by atoms with van der Waals surface area (Å²) in [7, 11) is 1.83. The van der Waals surface area contributed by atoms with Crippen LogP contribution in [0.1, 0.15) is 12.5 Å². The Morgan fingerprint density at radius 2 is 2.30 bits per heavy atom. The van der Waals surface area contributed by atoms with Gasteiger partial charge in [0.05, 0.1) is 24.5 Å². The number of nitrogens with zero attached hydrogens (tertiary/aromatic N) is 2. The first-order chi connectivity index (χ1) is 13.1. The lowest BCUT2D eigenvalue weighted by Gasteiger charge is -2.16. The van der Waals surface area contributed by atoms with E-state index in [-0.39, 0.29) is 12.5 Å². The predicted molar refractivity (Wildman–Crippen MR) is 99.1 cm³/mol. The fraction of sp³-hybridized carbons (Fsp3) is 0.389. The highest BCUT2D eigenvalue weighted by molar-refractivity contribution is 5.96. The van der Waals surface area contributed by atoms with Crippen LogP contribution >= 0.6 is 0 Å². The zero-order chi connectivity index (χ0) is 19.0. The number of amides is 2. The van der Waals surface area contributed by atoms with Crippen LogP contribution in [0.15, 0.2) is 18.2 Å². The van der Waals surface area contributed by atoms with E-state index in [4.69, 9.17) is 9.47 Å². The Morgan fingerprint density at radius 1 is 1.44 bits per heavy atom. The highest BCUT2D eigenvalue weighted by Gasteiger charge is 2.37. The predicted octanol–water partition coefficient (Wildman–Crippen LogP) is 1.51. The second kappa shape index (κ2) is 6.82. The number of fused-ring (bicyclic) bond motifs is 3. The van der Waals surface area contributed by atoms with Gasteiger partial charge in [0.15, 0.2) is 11.9 Å². The third-order valence-corrected chi connectivity index (χ3v) is 4.72. The third-order valence-electron chi connectivity index (χ3n) is 4.72. The molecule has 2 aliphatic rings. The molecule has 0 unspecified atom stereocenters. The molecule has 1 atom stereocenters. The lowest BCUT2D eigenvalue weighted by Crippen LogP contribution is -2.37. The van der Waals surface area contributed by atoms with Gasteiger partial charge in [0.25, 0.3) is 5.91 Å². The molecule has 2 aromatic rings. The number of cyclic esters (lactones) is 1. The highest BCUT2D eigenvalue weighted by atomic mass is 16.6. The summed E-state index contributed by atoms with van der Waals surface area (Å²) in [4.78, 5) is 25.6. The molecule has 0 bridgehead atoms. The third kappa shape index (κ3) is 2.94. The van der Waals surface area contributed by atoms with Crippen LogP contribution in [-0.4, -0.2) is 55.0 Å². The van der Waals surface area contributed by atoms with Crippen LogP contribution in [0, 0.1) is 0 Å². The molecule has 1 saturated heterocycles. The van der Waals surface area contributed by atoms with Crippen molar-refractivity contribution in [2.24, 2.45) is 0 Å². The Bertz CT molecular complexity index is 894. The summed E-state index contributed by atoms with van der Waals surface area (Å²) in [5.74, 6) is 1.17. The molecule has 142 valence electrons. The number of rotatable bonds is 4. The van der Waals surface area contributed by atoms with Gasteiger partial charge in [0.1, 0.15) is 5.75 Å². The van der Waals surface area contributed by atoms with Crippen molar-refractivity contribution in [1.29, 1.82) is 0 Å². The molecule has 0 aliphatic carbocycles. The van der Waals surface area contributed by atoms with E-state index in [1.54, 1.807) is 6.07 Å². The number of hydrogen-bond donors (Lipinski definition) is 3. The second-order valence-electron chi connectivity index (χ2n) is 6.33. The van der Waals surface area contributed by atoms with Gasteiger partial charge < -0.3 is 20.1 Å². The lowest BCUT2D eigenvalue weighted by molar-refractivity contribution is -0.127. The molecule has 0 saturated carbocycles. The number of ether oxygens (including phenoxy) is 2. The first kappa shape index (κ1) is 17.2. The summed E-state index contributed by atoms with van der Waals surface area (Å²) in [6.45, 7) is 2.98. The van der Waals surface area contributed by atoms with Gasteiger partial charge in [-0.2, -0.15) is 5.10 Å². The summed E-state index contributed by atoms with van der Waals surface area (Å²) in [5, 5.41) is 13.1. The first-order valence-electron chi connectivity index (χ1n) is 8.90. The van der Waals surface area contributed by atoms with Crippen LogP contribution in [0.3, 0.4) is 0 Å². The maximum Gasteiger partial charge on any atom is 0.415 e. The fourth-order valence-electron chi connectivity index (χ4n) is 3.40. The minimum absolute atomic E-state index is 0.169. The second-order valence-corrected chi connectivity index (χ2v) is 6.33. The topological polar surface area (TPSA) is 109 Å². The van der Waals surface area contributed by atoms with E-state index < -0.39 is 12.2 Å². The van der Waals surface area contributed by atoms with Gasteiger partial charge in [-0.15, -0.1) is 0 Å². The molecule has 3 heterocycles. The monoisotopic (exact) mass is 371 g/mol. The largest absolute Gasteiger partial charge is 0.492 e. The van der Waals surface area contributed by atoms with Crippen molar-refractivity contribution < 1.29 is 19.1 Å². The molecule has 0 spiro atoms. The molecule has 4 rings (SSSR count). The molecule has 1 aromatic heterocycles. The van der Waals surface area contributed by atoms with E-state index in [0.717, 1.165) is 29.1 Å². The van der Waals surface area contributed by atoms with Crippen LogP contribution in [0.25, 0.3) is 11.3 Å². The average molecular weight is 371 g/mol. The summed E-state index contributed by atoms with van der Waals surface area (Å²) in [6, 6.07) is 5.50. The number of nitrogens with one attached hydrogen (secondary N) is 3. The molecule has 27 heavy (non-hydrogen) atoms. The van der Waals surface area contributed by atoms with Gasteiger partial charge in [-0.1, -0.05) is 0 Å². The van der Waals surface area contributed by atoms with Gasteiger partial charge in [0, 0.05) is 37.2 Å². The zero-order valence-electron chi connectivity index (χ0n) is 15.2. The zero-order valence-corrected chi connectivity index (χ0v) is 15.2. The van der Waals surface area contributed by atoms with Gasteiger partial charge in [-0.25, -0.2) is 4.79 Å². The van der Waals surface area contributed by atoms with Crippen molar-refractivity contribution in [2.75, 3.05) is 37.0 Å². The maximum atomic E-state index is 12.2. The standard InChI is InChI=1S/C18H21N5O4/c1-3-20-17(24)14-9-23(18(25)27-14)10-4-5-11-13(8-10)26-7-6-12-15(11)21-22-16(12)19-2/h4-5,8,14H,3,6-7,9H2,1-2H3,(H,20,24)(H2,19,21,22)/t14-/m1/s1. The maximum absolute atomic E-state index is 12.2. The van der Waals surface area contributed by atoms with Crippen molar-refractivity contribution in [3.63, 3.8) is 0 Å². The Hall–Kier alpha value is -3.23. The first-order valence-corrected chi connectivity index (χ1v) is 8.90. The quantitative estimate of drug-likeness (QED) is 0.752. The van der Waals surface area contributed by atoms with Gasteiger partial charge >= 0.3 is 6.09 Å². The van der Waals surface area contributed by atoms with E-state index in [2.05, 4.69) is 20.8 Å². The molecule has 3 N–H and O–H groups in total. The smallest absolute Gasteiger partial charge is 0.415 e. The highest BCUT2D eigenvalue weighted by Crippen LogP contribution is 2.39. The number of likely N-dealkylation sites (N-methyl/N-ethyl adjacent to an activating group) is 1. The van der Waals surface area contributed by atoms with Crippen LogP contribution in [0.5, 0.6) is 5.75 Å². The van der Waals surface area contributed by atoms with E-state index in [0.29, 0.717) is 24.6 Å². The number of carbonyl (C=O) groups excluding carboxylic acids is 2. The van der Waals surface area contributed by atoms with E-state index >= 15 is 0 Å². The molecule has 9 heteroatoms. The van der Waals surface area contributed by atoms with Crippen molar-refractivity contribution in [2.45, 2.75) is 19.4 Å². The fourth-order valence-corrected chi connectivity index (χ4v) is 3.40. The van der Waals surface area contributed by atoms with E-state index in [1.165, 1.54) is 4.90 Å². The van der Waals surface area contributed by atoms with Crippen LogP contribution in [0.4, 0.5) is 16.3 Å². The number of anilines is 2.